The Hall–Kier alpha value is -1.58. The molecule has 2 atom stereocenters. The zero-order valence-corrected chi connectivity index (χ0v) is 10.2. The van der Waals surface area contributed by atoms with Crippen LogP contribution >= 0.6 is 0 Å². The largest absolute Gasteiger partial charge is 0.386 e. The Morgan fingerprint density at radius 1 is 1.38 bits per heavy atom. The lowest BCUT2D eigenvalue weighted by atomic mass is 9.85. The molecule has 0 radical (unpaired) electrons. The summed E-state index contributed by atoms with van der Waals surface area (Å²) < 4.78 is 0. The van der Waals surface area contributed by atoms with Gasteiger partial charge in [-0.05, 0) is 19.4 Å². The van der Waals surface area contributed by atoms with Crippen molar-refractivity contribution in [3.8, 4) is 0 Å². The van der Waals surface area contributed by atoms with Crippen LogP contribution in [0.25, 0.3) is 0 Å². The van der Waals surface area contributed by atoms with E-state index in [1.807, 2.05) is 33.8 Å². The number of allylic oxidation sites excluding steroid dienone is 2. The van der Waals surface area contributed by atoms with Crippen molar-refractivity contribution in [3.05, 3.63) is 23.3 Å². The minimum absolute atomic E-state index is 0.0105. The normalized spacial score (nSPS) is 27.5. The number of nitrogens with one attached hydrogen (secondary N) is 1. The first kappa shape index (κ1) is 12.5. The van der Waals surface area contributed by atoms with Gasteiger partial charge in [-0.1, -0.05) is 31.6 Å². The molecule has 0 aromatic carbocycles. The van der Waals surface area contributed by atoms with E-state index in [1.165, 1.54) is 0 Å². The van der Waals surface area contributed by atoms with Crippen molar-refractivity contribution >= 4 is 11.9 Å². The number of carbonyl (C=O) groups excluding carboxylic acids is 1. The highest BCUT2D eigenvalue weighted by Crippen LogP contribution is 2.25. The molecule has 0 fully saturated rings. The summed E-state index contributed by atoms with van der Waals surface area (Å²) in [6, 6.07) is -0.354. The van der Waals surface area contributed by atoms with E-state index in [0.29, 0.717) is 5.84 Å². The van der Waals surface area contributed by atoms with Crippen LogP contribution in [0, 0.1) is 5.92 Å². The minimum atomic E-state index is -0.343. The van der Waals surface area contributed by atoms with Gasteiger partial charge >= 0.3 is 6.03 Å². The van der Waals surface area contributed by atoms with Crippen LogP contribution in [-0.4, -0.2) is 17.9 Å². The molecule has 1 heterocycles. The third-order valence-electron chi connectivity index (χ3n) is 2.60. The van der Waals surface area contributed by atoms with E-state index in [-0.39, 0.29) is 18.0 Å². The van der Waals surface area contributed by atoms with Crippen LogP contribution in [0.15, 0.2) is 28.3 Å². The SMILES string of the molecule is CC.CC1=CC2C(N)=NC(=O)NC2C(C)=C1. The Morgan fingerprint density at radius 3 is 2.62 bits per heavy atom. The van der Waals surface area contributed by atoms with E-state index in [1.54, 1.807) is 0 Å². The molecule has 0 bridgehead atoms. The molecule has 4 nitrogen and oxygen atoms in total. The van der Waals surface area contributed by atoms with E-state index in [9.17, 15) is 4.79 Å². The van der Waals surface area contributed by atoms with Gasteiger partial charge in [0.1, 0.15) is 5.84 Å². The third kappa shape index (κ3) is 2.32. The molecule has 1 aliphatic carbocycles. The number of fused-ring (bicyclic) bond motifs is 1. The van der Waals surface area contributed by atoms with E-state index in [2.05, 4.69) is 16.4 Å². The summed E-state index contributed by atoms with van der Waals surface area (Å²) in [6.45, 7) is 8.01. The number of nitrogens with two attached hydrogens (primary N) is 1. The molecule has 2 amide bonds. The second kappa shape index (κ2) is 4.96. The molecule has 3 N–H and O–H groups in total. The number of aliphatic imine (C=N–C) groups is 1. The zero-order valence-electron chi connectivity index (χ0n) is 10.2. The van der Waals surface area contributed by atoms with Gasteiger partial charge in [0, 0.05) is 0 Å². The Bertz CT molecular complexity index is 380. The Balaban J connectivity index is 0.000000606. The smallest absolute Gasteiger partial charge is 0.343 e. The Morgan fingerprint density at radius 2 is 2.00 bits per heavy atom. The average molecular weight is 221 g/mol. The molecular weight excluding hydrogens is 202 g/mol. The van der Waals surface area contributed by atoms with Gasteiger partial charge in [0.15, 0.2) is 0 Å². The van der Waals surface area contributed by atoms with Crippen LogP contribution in [-0.2, 0) is 0 Å². The monoisotopic (exact) mass is 221 g/mol. The second-order valence-corrected chi connectivity index (χ2v) is 3.79. The van der Waals surface area contributed by atoms with E-state index >= 15 is 0 Å². The van der Waals surface area contributed by atoms with Crippen molar-refractivity contribution in [1.82, 2.24) is 5.32 Å². The Labute approximate surface area is 96.3 Å². The van der Waals surface area contributed by atoms with Gasteiger partial charge in [-0.25, -0.2) is 4.79 Å². The van der Waals surface area contributed by atoms with Crippen molar-refractivity contribution in [3.63, 3.8) is 0 Å². The molecule has 0 saturated carbocycles. The number of hydrogen-bond acceptors (Lipinski definition) is 2. The third-order valence-corrected chi connectivity index (χ3v) is 2.60. The minimum Gasteiger partial charge on any atom is -0.386 e. The predicted octanol–water partition coefficient (Wildman–Crippen LogP) is 1.98. The molecule has 16 heavy (non-hydrogen) atoms. The van der Waals surface area contributed by atoms with E-state index in [0.717, 1.165) is 11.1 Å². The summed E-state index contributed by atoms with van der Waals surface area (Å²) in [7, 11) is 0. The van der Waals surface area contributed by atoms with Crippen LogP contribution in [0.3, 0.4) is 0 Å². The number of hydrogen-bond donors (Lipinski definition) is 2. The maximum Gasteiger partial charge on any atom is 0.343 e. The van der Waals surface area contributed by atoms with Crippen molar-refractivity contribution in [1.29, 1.82) is 0 Å². The lowest BCUT2D eigenvalue weighted by molar-refractivity contribution is 0.243. The van der Waals surface area contributed by atoms with E-state index < -0.39 is 0 Å². The van der Waals surface area contributed by atoms with Gasteiger partial charge in [0.2, 0.25) is 0 Å². The van der Waals surface area contributed by atoms with Gasteiger partial charge in [0.25, 0.3) is 0 Å². The van der Waals surface area contributed by atoms with Crippen molar-refractivity contribution in [2.75, 3.05) is 0 Å². The van der Waals surface area contributed by atoms with Gasteiger partial charge in [0.05, 0.1) is 12.0 Å². The molecule has 1 aliphatic heterocycles. The van der Waals surface area contributed by atoms with E-state index in [4.69, 9.17) is 5.73 Å². The fourth-order valence-electron chi connectivity index (χ4n) is 1.98. The molecule has 0 aromatic rings. The highest BCUT2D eigenvalue weighted by molar-refractivity contribution is 5.98. The second-order valence-electron chi connectivity index (χ2n) is 3.79. The van der Waals surface area contributed by atoms with Crippen LogP contribution in [0.1, 0.15) is 27.7 Å². The highest BCUT2D eigenvalue weighted by atomic mass is 16.2. The van der Waals surface area contributed by atoms with Crippen LogP contribution in [0.2, 0.25) is 0 Å². The number of carbonyl (C=O) groups is 1. The zero-order chi connectivity index (χ0) is 12.3. The average Bonchev–Trinajstić information content (AvgIpc) is 2.23. The van der Waals surface area contributed by atoms with Gasteiger partial charge in [-0.15, -0.1) is 0 Å². The highest BCUT2D eigenvalue weighted by Gasteiger charge is 2.32. The van der Waals surface area contributed by atoms with Crippen molar-refractivity contribution < 1.29 is 4.79 Å². The van der Waals surface area contributed by atoms with Crippen molar-refractivity contribution in [2.45, 2.75) is 33.7 Å². The molecule has 88 valence electrons. The van der Waals surface area contributed by atoms with Gasteiger partial charge in [-0.3, -0.25) is 0 Å². The fraction of sp³-hybridized carbons (Fsp3) is 0.500. The number of rotatable bonds is 0. The molecule has 0 saturated heterocycles. The topological polar surface area (TPSA) is 67.5 Å². The van der Waals surface area contributed by atoms with Crippen LogP contribution < -0.4 is 11.1 Å². The Kier molecular flexibility index (Phi) is 3.88. The number of urea groups is 1. The maximum atomic E-state index is 11.1. The van der Waals surface area contributed by atoms with Crippen LogP contribution in [0.5, 0.6) is 0 Å². The summed E-state index contributed by atoms with van der Waals surface area (Å²) >= 11 is 0. The molecule has 2 unspecified atom stereocenters. The lowest BCUT2D eigenvalue weighted by Gasteiger charge is -2.32. The fourth-order valence-corrected chi connectivity index (χ4v) is 1.98. The predicted molar refractivity (Wildman–Crippen MR) is 66.3 cm³/mol. The first-order valence-corrected chi connectivity index (χ1v) is 5.59. The number of nitrogens with zero attached hydrogens (tertiary/aromatic N) is 1. The van der Waals surface area contributed by atoms with Crippen LogP contribution in [0.4, 0.5) is 4.79 Å². The molecule has 2 rings (SSSR count). The lowest BCUT2D eigenvalue weighted by Crippen LogP contribution is -2.50. The first-order valence-electron chi connectivity index (χ1n) is 5.59. The summed E-state index contributed by atoms with van der Waals surface area (Å²) in [5, 5.41) is 2.80. The summed E-state index contributed by atoms with van der Waals surface area (Å²) in [5.41, 5.74) is 8.01. The molecule has 2 aliphatic rings. The summed E-state index contributed by atoms with van der Waals surface area (Å²) in [4.78, 5) is 14.8. The molecule has 0 aromatic heterocycles. The molecule has 4 heteroatoms. The first-order chi connectivity index (χ1) is 7.58. The summed E-state index contributed by atoms with van der Waals surface area (Å²) in [5.74, 6) is 0.434. The quantitative estimate of drug-likeness (QED) is 0.656. The van der Waals surface area contributed by atoms with Crippen molar-refractivity contribution in [2.24, 2.45) is 16.6 Å². The maximum absolute atomic E-state index is 11.1. The molecular formula is C12H19N3O. The van der Waals surface area contributed by atoms with Gasteiger partial charge < -0.3 is 11.1 Å². The summed E-state index contributed by atoms with van der Waals surface area (Å²) in [6.07, 6.45) is 4.09. The number of amides is 2. The van der Waals surface area contributed by atoms with Gasteiger partial charge in [-0.2, -0.15) is 4.99 Å². The standard InChI is InChI=1S/C10H13N3O.C2H6/c1-5-3-6(2)8-7(4-5)9(11)13-10(14)12-8;1-2/h3-4,7-8H,1-2H3,(H3,11,12,13,14);1-2H3. The molecule has 0 spiro atoms. The number of amidine groups is 1.